The number of nitrogens with zero attached hydrogens (tertiary/aromatic N) is 1. The Kier molecular flexibility index (Phi) is 6.18. The van der Waals surface area contributed by atoms with Gasteiger partial charge in [-0.05, 0) is 24.6 Å². The molecule has 0 fully saturated rings. The third-order valence-corrected chi connectivity index (χ3v) is 5.43. The minimum atomic E-state index is -3.61. The van der Waals surface area contributed by atoms with Gasteiger partial charge in [-0.15, -0.1) is 0 Å². The first-order valence-electron chi connectivity index (χ1n) is 6.54. The van der Waals surface area contributed by atoms with Crippen molar-refractivity contribution in [3.63, 3.8) is 0 Å². The number of carbonyl (C=O) groups is 1. The number of nitrogens with two attached hydrogens (primary N) is 1. The second-order valence-corrected chi connectivity index (χ2v) is 7.46. The number of hydrogen-bond acceptors (Lipinski definition) is 4. The fourth-order valence-electron chi connectivity index (χ4n) is 1.92. The van der Waals surface area contributed by atoms with Crippen molar-refractivity contribution in [2.45, 2.75) is 20.8 Å². The van der Waals surface area contributed by atoms with Crippen LogP contribution in [0.1, 0.15) is 19.4 Å². The average molecular weight is 378 g/mol. The number of rotatable bonds is 6. The molecule has 3 N–H and O–H groups in total. The SMILES string of the molecule is CCN(CC)S(=O)(=O)CC(=O)Nc1cc(Br)cc(C)c1N. The van der Waals surface area contributed by atoms with Crippen LogP contribution in [0.4, 0.5) is 11.4 Å². The van der Waals surface area contributed by atoms with Crippen LogP contribution in [0.25, 0.3) is 0 Å². The quantitative estimate of drug-likeness (QED) is 0.740. The maximum absolute atomic E-state index is 12.0. The lowest BCUT2D eigenvalue weighted by molar-refractivity contribution is -0.113. The van der Waals surface area contributed by atoms with Crippen molar-refractivity contribution in [3.05, 3.63) is 22.2 Å². The van der Waals surface area contributed by atoms with E-state index >= 15 is 0 Å². The molecule has 0 saturated heterocycles. The molecule has 0 saturated carbocycles. The van der Waals surface area contributed by atoms with Gasteiger partial charge in [0.1, 0.15) is 5.75 Å². The minimum Gasteiger partial charge on any atom is -0.397 e. The molecule has 0 bridgehead atoms. The number of amides is 1. The predicted octanol–water partition coefficient (Wildman–Crippen LogP) is 1.95. The normalized spacial score (nSPS) is 11.7. The number of anilines is 2. The van der Waals surface area contributed by atoms with E-state index in [-0.39, 0.29) is 0 Å². The Hall–Kier alpha value is -1.12. The van der Waals surface area contributed by atoms with Gasteiger partial charge in [0, 0.05) is 17.6 Å². The smallest absolute Gasteiger partial charge is 0.241 e. The molecule has 1 aromatic carbocycles. The summed E-state index contributed by atoms with van der Waals surface area (Å²) in [6.07, 6.45) is 0. The minimum absolute atomic E-state index is 0.338. The molecule has 0 aromatic heterocycles. The van der Waals surface area contributed by atoms with Crippen LogP contribution in [0, 0.1) is 6.92 Å². The molecule has 0 unspecified atom stereocenters. The highest BCUT2D eigenvalue weighted by Crippen LogP contribution is 2.27. The van der Waals surface area contributed by atoms with Gasteiger partial charge in [0.25, 0.3) is 0 Å². The van der Waals surface area contributed by atoms with E-state index in [1.54, 1.807) is 19.9 Å². The van der Waals surface area contributed by atoms with E-state index in [0.717, 1.165) is 10.0 Å². The lowest BCUT2D eigenvalue weighted by Gasteiger charge is -2.18. The topological polar surface area (TPSA) is 92.5 Å². The number of aryl methyl sites for hydroxylation is 1. The van der Waals surface area contributed by atoms with E-state index in [0.29, 0.717) is 24.5 Å². The van der Waals surface area contributed by atoms with Crippen molar-refractivity contribution in [2.24, 2.45) is 0 Å². The molecule has 8 heteroatoms. The Morgan fingerprint density at radius 1 is 1.33 bits per heavy atom. The fourth-order valence-corrected chi connectivity index (χ4v) is 3.86. The third kappa shape index (κ3) is 4.69. The zero-order valence-electron chi connectivity index (χ0n) is 12.3. The molecule has 21 heavy (non-hydrogen) atoms. The first-order valence-corrected chi connectivity index (χ1v) is 8.94. The van der Waals surface area contributed by atoms with Crippen LogP contribution < -0.4 is 11.1 Å². The monoisotopic (exact) mass is 377 g/mol. The number of benzene rings is 1. The maximum atomic E-state index is 12.0. The second kappa shape index (κ2) is 7.24. The molecule has 1 aromatic rings. The van der Waals surface area contributed by atoms with Crippen molar-refractivity contribution in [2.75, 3.05) is 29.9 Å². The van der Waals surface area contributed by atoms with Crippen molar-refractivity contribution in [3.8, 4) is 0 Å². The number of nitrogens with one attached hydrogen (secondary N) is 1. The van der Waals surface area contributed by atoms with E-state index in [4.69, 9.17) is 5.73 Å². The molecule has 6 nitrogen and oxygen atoms in total. The fraction of sp³-hybridized carbons (Fsp3) is 0.462. The molecule has 1 amide bonds. The molecule has 0 aliphatic heterocycles. The summed E-state index contributed by atoms with van der Waals surface area (Å²) >= 11 is 3.31. The third-order valence-electron chi connectivity index (χ3n) is 3.04. The van der Waals surface area contributed by atoms with E-state index in [1.165, 1.54) is 4.31 Å². The van der Waals surface area contributed by atoms with Gasteiger partial charge in [0.2, 0.25) is 15.9 Å². The molecule has 0 aliphatic carbocycles. The Bertz CT molecular complexity index is 628. The van der Waals surface area contributed by atoms with E-state index in [9.17, 15) is 13.2 Å². The van der Waals surface area contributed by atoms with Crippen molar-refractivity contribution >= 4 is 43.2 Å². The Labute approximate surface area is 133 Å². The van der Waals surface area contributed by atoms with Crippen molar-refractivity contribution in [1.82, 2.24) is 4.31 Å². The van der Waals surface area contributed by atoms with Gasteiger partial charge in [0.05, 0.1) is 11.4 Å². The number of sulfonamides is 1. The van der Waals surface area contributed by atoms with E-state index in [2.05, 4.69) is 21.2 Å². The van der Waals surface area contributed by atoms with Crippen LogP contribution in [0.3, 0.4) is 0 Å². The average Bonchev–Trinajstić information content (AvgIpc) is 2.35. The summed E-state index contributed by atoms with van der Waals surface area (Å²) in [4.78, 5) is 12.0. The zero-order chi connectivity index (χ0) is 16.2. The molecular formula is C13H20BrN3O3S. The van der Waals surface area contributed by atoms with Crippen LogP contribution in [0.2, 0.25) is 0 Å². The number of halogens is 1. The first-order chi connectivity index (χ1) is 9.71. The first kappa shape index (κ1) is 17.9. The van der Waals surface area contributed by atoms with Crippen molar-refractivity contribution < 1.29 is 13.2 Å². The van der Waals surface area contributed by atoms with Crippen LogP contribution in [-0.2, 0) is 14.8 Å². The Balaban J connectivity index is 2.88. The highest BCUT2D eigenvalue weighted by atomic mass is 79.9. The molecular weight excluding hydrogens is 358 g/mol. The summed E-state index contributed by atoms with van der Waals surface area (Å²) in [5, 5.41) is 2.55. The molecule has 118 valence electrons. The summed E-state index contributed by atoms with van der Waals surface area (Å²) in [6, 6.07) is 3.46. The van der Waals surface area contributed by atoms with Crippen LogP contribution in [-0.4, -0.2) is 37.5 Å². The van der Waals surface area contributed by atoms with Crippen LogP contribution >= 0.6 is 15.9 Å². The zero-order valence-corrected chi connectivity index (χ0v) is 14.7. The van der Waals surface area contributed by atoms with Gasteiger partial charge in [-0.25, -0.2) is 12.7 Å². The Morgan fingerprint density at radius 2 is 1.90 bits per heavy atom. The van der Waals surface area contributed by atoms with Gasteiger partial charge in [0.15, 0.2) is 0 Å². The Morgan fingerprint density at radius 3 is 2.43 bits per heavy atom. The van der Waals surface area contributed by atoms with Crippen molar-refractivity contribution in [1.29, 1.82) is 0 Å². The van der Waals surface area contributed by atoms with Gasteiger partial charge in [-0.1, -0.05) is 29.8 Å². The lowest BCUT2D eigenvalue weighted by Crippen LogP contribution is -2.37. The summed E-state index contributed by atoms with van der Waals surface area (Å²) < 4.78 is 26.1. The summed E-state index contributed by atoms with van der Waals surface area (Å²) in [7, 11) is -3.61. The van der Waals surface area contributed by atoms with Gasteiger partial charge < -0.3 is 11.1 Å². The highest BCUT2D eigenvalue weighted by molar-refractivity contribution is 9.10. The highest BCUT2D eigenvalue weighted by Gasteiger charge is 2.23. The summed E-state index contributed by atoms with van der Waals surface area (Å²) in [5.74, 6) is -1.20. The number of nitrogen functional groups attached to an aromatic ring is 1. The molecule has 1 rings (SSSR count). The number of hydrogen-bond donors (Lipinski definition) is 2. The standard InChI is InChI=1S/C13H20BrN3O3S/c1-4-17(5-2)21(19,20)8-12(18)16-11-7-10(14)6-9(3)13(11)15/h6-7H,4-5,8,15H2,1-3H3,(H,16,18). The molecule has 0 heterocycles. The maximum Gasteiger partial charge on any atom is 0.241 e. The molecule has 0 radical (unpaired) electrons. The molecule has 0 aliphatic rings. The van der Waals surface area contributed by atoms with Crippen LogP contribution in [0.15, 0.2) is 16.6 Å². The van der Waals surface area contributed by atoms with E-state index < -0.39 is 21.7 Å². The van der Waals surface area contributed by atoms with Crippen LogP contribution in [0.5, 0.6) is 0 Å². The molecule has 0 spiro atoms. The lowest BCUT2D eigenvalue weighted by atomic mass is 10.2. The van der Waals surface area contributed by atoms with E-state index in [1.807, 2.05) is 13.0 Å². The predicted molar refractivity (Wildman–Crippen MR) is 88.6 cm³/mol. The van der Waals surface area contributed by atoms with Gasteiger partial charge in [-0.3, -0.25) is 4.79 Å². The molecule has 0 atom stereocenters. The van der Waals surface area contributed by atoms with Gasteiger partial charge >= 0.3 is 0 Å². The second-order valence-electron chi connectivity index (χ2n) is 4.57. The summed E-state index contributed by atoms with van der Waals surface area (Å²) in [5.41, 5.74) is 7.50. The largest absolute Gasteiger partial charge is 0.397 e. The summed E-state index contributed by atoms with van der Waals surface area (Å²) in [6.45, 7) is 5.94. The number of carbonyl (C=O) groups excluding carboxylic acids is 1. The van der Waals surface area contributed by atoms with Gasteiger partial charge in [-0.2, -0.15) is 0 Å².